The van der Waals surface area contributed by atoms with E-state index >= 15 is 0 Å². The number of benzene rings is 1. The summed E-state index contributed by atoms with van der Waals surface area (Å²) in [7, 11) is 0. The van der Waals surface area contributed by atoms with Crippen LogP contribution in [-0.2, 0) is 4.84 Å². The summed E-state index contributed by atoms with van der Waals surface area (Å²) in [5, 5.41) is 0. The second-order valence-corrected chi connectivity index (χ2v) is 4.58. The number of nitrogens with zero attached hydrogens (tertiary/aromatic N) is 1. The quantitative estimate of drug-likeness (QED) is 0.831. The van der Waals surface area contributed by atoms with Gasteiger partial charge in [0.05, 0.1) is 12.2 Å². The van der Waals surface area contributed by atoms with Crippen LogP contribution in [0.2, 0.25) is 0 Å². The molecule has 0 bridgehead atoms. The highest BCUT2D eigenvalue weighted by Gasteiger charge is 2.19. The predicted octanol–water partition coefficient (Wildman–Crippen LogP) is 2.28. The van der Waals surface area contributed by atoms with Gasteiger partial charge in [-0.15, -0.1) is 0 Å². The van der Waals surface area contributed by atoms with Crippen LogP contribution in [0.1, 0.15) is 35.7 Å². The number of aryl methyl sites for hydroxylation is 1. The normalized spacial score (nSPS) is 14.9. The number of nitrogens with one attached hydrogen (secondary N) is 1. The Hall–Kier alpha value is -1.55. The van der Waals surface area contributed by atoms with Gasteiger partial charge in [0.1, 0.15) is 0 Å². The number of amides is 1. The number of carbonyl (C=O) groups excluding carboxylic acids is 1. The molecule has 98 valence electrons. The first-order valence-corrected chi connectivity index (χ1v) is 6.50. The van der Waals surface area contributed by atoms with E-state index in [-0.39, 0.29) is 5.91 Å². The molecule has 1 saturated heterocycles. The van der Waals surface area contributed by atoms with Crippen molar-refractivity contribution in [2.75, 3.05) is 24.6 Å². The molecule has 0 radical (unpaired) electrons. The van der Waals surface area contributed by atoms with E-state index in [1.54, 1.807) is 0 Å². The molecule has 18 heavy (non-hydrogen) atoms. The van der Waals surface area contributed by atoms with Crippen molar-refractivity contribution in [1.82, 2.24) is 5.48 Å². The summed E-state index contributed by atoms with van der Waals surface area (Å²) in [5.41, 5.74) is 5.27. The Bertz CT molecular complexity index is 426. The van der Waals surface area contributed by atoms with Gasteiger partial charge in [-0.3, -0.25) is 9.63 Å². The SMILES string of the molecule is CCONC(=O)c1cc(C)ccc1N1CCCC1. The maximum atomic E-state index is 12.1. The Morgan fingerprint density at radius 1 is 1.39 bits per heavy atom. The molecule has 0 unspecified atom stereocenters. The summed E-state index contributed by atoms with van der Waals surface area (Å²) in [6.45, 7) is 6.36. The Balaban J connectivity index is 2.25. The van der Waals surface area contributed by atoms with Crippen molar-refractivity contribution < 1.29 is 9.63 Å². The molecule has 4 nitrogen and oxygen atoms in total. The van der Waals surface area contributed by atoms with Crippen molar-refractivity contribution in [2.24, 2.45) is 0 Å². The van der Waals surface area contributed by atoms with E-state index in [2.05, 4.69) is 10.4 Å². The Kier molecular flexibility index (Phi) is 4.20. The molecule has 0 atom stereocenters. The van der Waals surface area contributed by atoms with Crippen molar-refractivity contribution >= 4 is 11.6 Å². The second-order valence-electron chi connectivity index (χ2n) is 4.58. The van der Waals surface area contributed by atoms with E-state index in [0.717, 1.165) is 24.3 Å². The summed E-state index contributed by atoms with van der Waals surface area (Å²) >= 11 is 0. The Labute approximate surface area is 108 Å². The van der Waals surface area contributed by atoms with E-state index in [1.165, 1.54) is 12.8 Å². The zero-order chi connectivity index (χ0) is 13.0. The van der Waals surface area contributed by atoms with Crippen LogP contribution in [0.5, 0.6) is 0 Å². The minimum atomic E-state index is -0.164. The van der Waals surface area contributed by atoms with Gasteiger partial charge in [-0.05, 0) is 38.8 Å². The molecule has 2 rings (SSSR count). The van der Waals surface area contributed by atoms with Crippen molar-refractivity contribution in [2.45, 2.75) is 26.7 Å². The van der Waals surface area contributed by atoms with Gasteiger partial charge in [0.2, 0.25) is 0 Å². The highest BCUT2D eigenvalue weighted by molar-refractivity contribution is 5.99. The number of hydrogen-bond acceptors (Lipinski definition) is 3. The maximum absolute atomic E-state index is 12.1. The molecule has 4 heteroatoms. The monoisotopic (exact) mass is 248 g/mol. The van der Waals surface area contributed by atoms with Gasteiger partial charge in [-0.25, -0.2) is 5.48 Å². The minimum Gasteiger partial charge on any atom is -0.371 e. The predicted molar refractivity (Wildman–Crippen MR) is 71.7 cm³/mol. The van der Waals surface area contributed by atoms with E-state index in [0.29, 0.717) is 12.2 Å². The van der Waals surface area contributed by atoms with Crippen molar-refractivity contribution in [3.05, 3.63) is 29.3 Å². The molecular weight excluding hydrogens is 228 g/mol. The molecule has 0 aliphatic carbocycles. The third-order valence-electron chi connectivity index (χ3n) is 3.15. The molecule has 0 saturated carbocycles. The number of rotatable bonds is 4. The molecule has 1 aliphatic heterocycles. The van der Waals surface area contributed by atoms with Crippen LogP contribution in [0, 0.1) is 6.92 Å². The molecule has 1 amide bonds. The van der Waals surface area contributed by atoms with E-state index in [4.69, 9.17) is 4.84 Å². The molecule has 0 aromatic heterocycles. The van der Waals surface area contributed by atoms with E-state index < -0.39 is 0 Å². The lowest BCUT2D eigenvalue weighted by Gasteiger charge is -2.21. The van der Waals surface area contributed by atoms with Gasteiger partial charge in [-0.2, -0.15) is 0 Å². The van der Waals surface area contributed by atoms with Gasteiger partial charge in [0, 0.05) is 18.8 Å². The lowest BCUT2D eigenvalue weighted by Crippen LogP contribution is -2.27. The number of carbonyl (C=O) groups is 1. The van der Waals surface area contributed by atoms with Gasteiger partial charge in [0.15, 0.2) is 0 Å². The van der Waals surface area contributed by atoms with Crippen LogP contribution in [-0.4, -0.2) is 25.6 Å². The van der Waals surface area contributed by atoms with E-state index in [1.807, 2.05) is 32.0 Å². The molecule has 0 spiro atoms. The van der Waals surface area contributed by atoms with Gasteiger partial charge in [-0.1, -0.05) is 11.6 Å². The minimum absolute atomic E-state index is 0.164. The van der Waals surface area contributed by atoms with Crippen LogP contribution in [0.25, 0.3) is 0 Å². The molecule has 1 N–H and O–H groups in total. The summed E-state index contributed by atoms with van der Waals surface area (Å²) in [6, 6.07) is 5.99. The Morgan fingerprint density at radius 2 is 2.11 bits per heavy atom. The lowest BCUT2D eigenvalue weighted by molar-refractivity contribution is 0.0365. The summed E-state index contributed by atoms with van der Waals surface area (Å²) in [5.74, 6) is -0.164. The zero-order valence-corrected chi connectivity index (χ0v) is 11.0. The fourth-order valence-corrected chi connectivity index (χ4v) is 2.26. The number of anilines is 1. The number of hydrogen-bond donors (Lipinski definition) is 1. The van der Waals surface area contributed by atoms with Crippen LogP contribution < -0.4 is 10.4 Å². The molecule has 1 fully saturated rings. The molecule has 1 aromatic rings. The highest BCUT2D eigenvalue weighted by Crippen LogP contribution is 2.25. The number of hydroxylamine groups is 1. The van der Waals surface area contributed by atoms with E-state index in [9.17, 15) is 4.79 Å². The highest BCUT2D eigenvalue weighted by atomic mass is 16.6. The van der Waals surface area contributed by atoms with Crippen molar-refractivity contribution in [3.63, 3.8) is 0 Å². The van der Waals surface area contributed by atoms with Gasteiger partial charge < -0.3 is 4.90 Å². The first kappa shape index (κ1) is 12.9. The lowest BCUT2D eigenvalue weighted by atomic mass is 10.1. The van der Waals surface area contributed by atoms with Crippen molar-refractivity contribution in [1.29, 1.82) is 0 Å². The molecule has 1 aromatic carbocycles. The second kappa shape index (κ2) is 5.87. The average Bonchev–Trinajstić information content (AvgIpc) is 2.89. The largest absolute Gasteiger partial charge is 0.371 e. The summed E-state index contributed by atoms with van der Waals surface area (Å²) in [6.07, 6.45) is 2.39. The first-order valence-electron chi connectivity index (χ1n) is 6.50. The Morgan fingerprint density at radius 3 is 2.78 bits per heavy atom. The summed E-state index contributed by atoms with van der Waals surface area (Å²) in [4.78, 5) is 19.3. The zero-order valence-electron chi connectivity index (χ0n) is 11.0. The first-order chi connectivity index (χ1) is 8.72. The molecular formula is C14H20N2O2. The fraction of sp³-hybridized carbons (Fsp3) is 0.500. The van der Waals surface area contributed by atoms with Gasteiger partial charge in [0.25, 0.3) is 5.91 Å². The summed E-state index contributed by atoms with van der Waals surface area (Å²) < 4.78 is 0. The maximum Gasteiger partial charge on any atom is 0.276 e. The molecule has 1 heterocycles. The van der Waals surface area contributed by atoms with Gasteiger partial charge >= 0.3 is 0 Å². The van der Waals surface area contributed by atoms with Crippen molar-refractivity contribution in [3.8, 4) is 0 Å². The topological polar surface area (TPSA) is 41.6 Å². The van der Waals surface area contributed by atoms with Crippen LogP contribution in [0.4, 0.5) is 5.69 Å². The van der Waals surface area contributed by atoms with Crippen LogP contribution in [0.15, 0.2) is 18.2 Å². The molecule has 1 aliphatic rings. The van der Waals surface area contributed by atoms with Crippen LogP contribution in [0.3, 0.4) is 0 Å². The smallest absolute Gasteiger partial charge is 0.276 e. The fourth-order valence-electron chi connectivity index (χ4n) is 2.26. The third-order valence-corrected chi connectivity index (χ3v) is 3.15. The average molecular weight is 248 g/mol. The van der Waals surface area contributed by atoms with Crippen LogP contribution >= 0.6 is 0 Å². The third kappa shape index (κ3) is 2.82. The standard InChI is InChI=1S/C14H20N2O2/c1-3-18-15-14(17)12-10-11(2)6-7-13(12)16-8-4-5-9-16/h6-7,10H,3-5,8-9H2,1-2H3,(H,15,17).